The van der Waals surface area contributed by atoms with E-state index < -0.39 is 0 Å². The first kappa shape index (κ1) is 13.2. The molecule has 2 nitrogen and oxygen atoms in total. The predicted octanol–water partition coefficient (Wildman–Crippen LogP) is 4.26. The number of carbonyl (C=O) groups is 1. The van der Waals surface area contributed by atoms with Gasteiger partial charge in [-0.25, -0.2) is 0 Å². The molecule has 0 aliphatic carbocycles. The van der Waals surface area contributed by atoms with E-state index in [4.69, 9.17) is 0 Å². The third kappa shape index (κ3) is 2.88. The van der Waals surface area contributed by atoms with Crippen LogP contribution in [0.15, 0.2) is 60.8 Å². The molecule has 0 spiro atoms. The Morgan fingerprint density at radius 3 is 2.65 bits per heavy atom. The molecule has 3 rings (SSSR count). The Morgan fingerprint density at radius 1 is 1.05 bits per heavy atom. The summed E-state index contributed by atoms with van der Waals surface area (Å²) in [4.78, 5) is 16.6. The summed E-state index contributed by atoms with van der Waals surface area (Å²) >= 11 is 2.26. The number of hydrogen-bond acceptors (Lipinski definition) is 2. The second kappa shape index (κ2) is 5.71. The Labute approximate surface area is 131 Å². The molecule has 0 saturated heterocycles. The topological polar surface area (TPSA) is 30.0 Å². The highest BCUT2D eigenvalue weighted by molar-refractivity contribution is 14.1. The SMILES string of the molecule is O=C(Cc1ccc(I)cc1)c1ccc2ncccc2c1. The number of halogens is 1. The van der Waals surface area contributed by atoms with E-state index in [0.29, 0.717) is 6.42 Å². The quantitative estimate of drug-likeness (QED) is 0.507. The lowest BCUT2D eigenvalue weighted by Gasteiger charge is -2.03. The first-order valence-electron chi connectivity index (χ1n) is 6.35. The zero-order chi connectivity index (χ0) is 13.9. The summed E-state index contributed by atoms with van der Waals surface area (Å²) in [5.74, 6) is 0.136. The standard InChI is InChI=1S/C17H12INO/c18-15-6-3-12(4-7-15)10-17(20)14-5-8-16-13(11-14)2-1-9-19-16/h1-9,11H,10H2. The van der Waals surface area contributed by atoms with Crippen molar-refractivity contribution in [3.8, 4) is 0 Å². The monoisotopic (exact) mass is 373 g/mol. The predicted molar refractivity (Wildman–Crippen MR) is 88.9 cm³/mol. The largest absolute Gasteiger partial charge is 0.294 e. The van der Waals surface area contributed by atoms with Gasteiger partial charge in [0.1, 0.15) is 0 Å². The number of aromatic nitrogens is 1. The van der Waals surface area contributed by atoms with Gasteiger partial charge in [0.05, 0.1) is 5.52 Å². The molecular weight excluding hydrogens is 361 g/mol. The zero-order valence-electron chi connectivity index (χ0n) is 10.7. The van der Waals surface area contributed by atoms with Gasteiger partial charge in [0.15, 0.2) is 5.78 Å². The van der Waals surface area contributed by atoms with Crippen molar-refractivity contribution in [2.24, 2.45) is 0 Å². The molecule has 0 fully saturated rings. The van der Waals surface area contributed by atoms with Gasteiger partial charge in [-0.2, -0.15) is 0 Å². The number of carbonyl (C=O) groups excluding carboxylic acids is 1. The number of Topliss-reactive ketones (excluding diaryl/α,β-unsaturated/α-hetero) is 1. The molecule has 0 unspecified atom stereocenters. The van der Waals surface area contributed by atoms with Crippen LogP contribution in [0, 0.1) is 3.57 Å². The lowest BCUT2D eigenvalue weighted by molar-refractivity contribution is 0.0993. The van der Waals surface area contributed by atoms with Crippen molar-refractivity contribution < 1.29 is 4.79 Å². The second-order valence-corrected chi connectivity index (χ2v) is 5.88. The van der Waals surface area contributed by atoms with Crippen LogP contribution in [-0.4, -0.2) is 10.8 Å². The zero-order valence-corrected chi connectivity index (χ0v) is 12.9. The number of rotatable bonds is 3. The van der Waals surface area contributed by atoms with Crippen molar-refractivity contribution in [2.75, 3.05) is 0 Å². The maximum Gasteiger partial charge on any atom is 0.167 e. The van der Waals surface area contributed by atoms with Crippen LogP contribution >= 0.6 is 22.6 Å². The molecule has 3 heteroatoms. The van der Waals surface area contributed by atoms with Crippen LogP contribution in [0.5, 0.6) is 0 Å². The Kier molecular flexibility index (Phi) is 3.78. The Balaban J connectivity index is 1.86. The van der Waals surface area contributed by atoms with E-state index in [1.807, 2.05) is 54.6 Å². The molecule has 20 heavy (non-hydrogen) atoms. The third-order valence-corrected chi connectivity index (χ3v) is 3.92. The number of nitrogens with zero attached hydrogens (tertiary/aromatic N) is 1. The van der Waals surface area contributed by atoms with E-state index in [9.17, 15) is 4.79 Å². The van der Waals surface area contributed by atoms with Gasteiger partial charge >= 0.3 is 0 Å². The fourth-order valence-corrected chi connectivity index (χ4v) is 2.50. The van der Waals surface area contributed by atoms with E-state index in [-0.39, 0.29) is 5.78 Å². The Hall–Kier alpha value is -1.75. The van der Waals surface area contributed by atoms with Crippen molar-refractivity contribution >= 4 is 39.3 Å². The van der Waals surface area contributed by atoms with Gasteiger partial charge in [-0.3, -0.25) is 9.78 Å². The number of hydrogen-bond donors (Lipinski definition) is 0. The highest BCUT2D eigenvalue weighted by Gasteiger charge is 2.08. The molecule has 0 aliphatic heterocycles. The van der Waals surface area contributed by atoms with E-state index >= 15 is 0 Å². The van der Waals surface area contributed by atoms with Crippen LogP contribution in [0.3, 0.4) is 0 Å². The van der Waals surface area contributed by atoms with E-state index in [0.717, 1.165) is 22.0 Å². The van der Waals surface area contributed by atoms with Crippen molar-refractivity contribution in [1.82, 2.24) is 4.98 Å². The molecule has 3 aromatic rings. The average molecular weight is 373 g/mol. The van der Waals surface area contributed by atoms with Gasteiger partial charge < -0.3 is 0 Å². The lowest BCUT2D eigenvalue weighted by Crippen LogP contribution is -2.03. The maximum atomic E-state index is 12.3. The molecule has 1 heterocycles. The molecule has 2 aromatic carbocycles. The molecular formula is C17H12INO. The highest BCUT2D eigenvalue weighted by Crippen LogP contribution is 2.16. The molecule has 0 bridgehead atoms. The minimum atomic E-state index is 0.136. The van der Waals surface area contributed by atoms with Gasteiger partial charge in [-0.05, 0) is 64.6 Å². The third-order valence-electron chi connectivity index (χ3n) is 3.20. The van der Waals surface area contributed by atoms with Gasteiger partial charge in [0.25, 0.3) is 0 Å². The van der Waals surface area contributed by atoms with Gasteiger partial charge in [0, 0.05) is 27.1 Å². The molecule has 0 aliphatic rings. The molecule has 1 aromatic heterocycles. The number of pyridine rings is 1. The summed E-state index contributed by atoms with van der Waals surface area (Å²) in [7, 11) is 0. The summed E-state index contributed by atoms with van der Waals surface area (Å²) in [5, 5.41) is 1.00. The van der Waals surface area contributed by atoms with Crippen LogP contribution in [0.4, 0.5) is 0 Å². The maximum absolute atomic E-state index is 12.3. The first-order valence-corrected chi connectivity index (χ1v) is 7.43. The molecule has 0 atom stereocenters. The summed E-state index contributed by atoms with van der Waals surface area (Å²) in [6.45, 7) is 0. The lowest BCUT2D eigenvalue weighted by atomic mass is 10.0. The normalized spacial score (nSPS) is 10.7. The minimum absolute atomic E-state index is 0.136. The number of ketones is 1. The van der Waals surface area contributed by atoms with Gasteiger partial charge in [0.2, 0.25) is 0 Å². The molecule has 0 N–H and O–H groups in total. The Morgan fingerprint density at radius 2 is 1.85 bits per heavy atom. The first-order chi connectivity index (χ1) is 9.72. The fraction of sp³-hybridized carbons (Fsp3) is 0.0588. The van der Waals surface area contributed by atoms with E-state index in [2.05, 4.69) is 27.6 Å². The van der Waals surface area contributed by atoms with Crippen LogP contribution in [0.1, 0.15) is 15.9 Å². The van der Waals surface area contributed by atoms with E-state index in [1.165, 1.54) is 3.57 Å². The van der Waals surface area contributed by atoms with E-state index in [1.54, 1.807) is 6.20 Å². The highest BCUT2D eigenvalue weighted by atomic mass is 127. The number of benzene rings is 2. The summed E-state index contributed by atoms with van der Waals surface area (Å²) in [6, 6.07) is 17.6. The van der Waals surface area contributed by atoms with Crippen LogP contribution in [-0.2, 0) is 6.42 Å². The average Bonchev–Trinajstić information content (AvgIpc) is 2.49. The summed E-state index contributed by atoms with van der Waals surface area (Å²) in [5.41, 5.74) is 2.70. The smallest absolute Gasteiger partial charge is 0.167 e. The summed E-state index contributed by atoms with van der Waals surface area (Å²) in [6.07, 6.45) is 2.19. The fourth-order valence-electron chi connectivity index (χ4n) is 2.14. The van der Waals surface area contributed by atoms with Crippen LogP contribution in [0.25, 0.3) is 10.9 Å². The van der Waals surface area contributed by atoms with Crippen molar-refractivity contribution in [3.05, 3.63) is 75.5 Å². The summed E-state index contributed by atoms with van der Waals surface area (Å²) < 4.78 is 1.18. The molecule has 0 saturated carbocycles. The van der Waals surface area contributed by atoms with Gasteiger partial charge in [-0.1, -0.05) is 18.2 Å². The number of fused-ring (bicyclic) bond motifs is 1. The second-order valence-electron chi connectivity index (χ2n) is 4.64. The molecule has 0 radical (unpaired) electrons. The minimum Gasteiger partial charge on any atom is -0.294 e. The van der Waals surface area contributed by atoms with Crippen molar-refractivity contribution in [1.29, 1.82) is 0 Å². The van der Waals surface area contributed by atoms with Crippen molar-refractivity contribution in [3.63, 3.8) is 0 Å². The molecule has 98 valence electrons. The van der Waals surface area contributed by atoms with Gasteiger partial charge in [-0.15, -0.1) is 0 Å². The van der Waals surface area contributed by atoms with Crippen LogP contribution < -0.4 is 0 Å². The van der Waals surface area contributed by atoms with Crippen LogP contribution in [0.2, 0.25) is 0 Å². The Bertz CT molecular complexity index is 765. The molecule has 0 amide bonds. The van der Waals surface area contributed by atoms with Crippen molar-refractivity contribution in [2.45, 2.75) is 6.42 Å².